The number of nitrogens with two attached hydrogens (primary N) is 1. The van der Waals surface area contributed by atoms with Crippen molar-refractivity contribution in [3.8, 4) is 0 Å². The van der Waals surface area contributed by atoms with Crippen LogP contribution < -0.4 is 14.9 Å². The minimum absolute atomic E-state index is 0.156. The number of benzene rings is 6. The number of aliphatic carboxylic acids is 1. The zero-order valence-electron chi connectivity index (χ0n) is 49.7. The van der Waals surface area contributed by atoms with E-state index >= 15 is 0 Å². The molecule has 6 aromatic carbocycles. The van der Waals surface area contributed by atoms with E-state index in [1.54, 1.807) is 4.90 Å². The van der Waals surface area contributed by atoms with Crippen molar-refractivity contribution in [1.82, 2.24) is 38.0 Å². The van der Waals surface area contributed by atoms with E-state index in [4.69, 9.17) is 5.10 Å². The Morgan fingerprint density at radius 2 is 0.816 bits per heavy atom. The number of Topliss-reactive ketones (excluding diaryl/α,β-unsaturated/α-hetero) is 1. The first-order valence-corrected chi connectivity index (χ1v) is 31.5. The molecule has 0 unspecified atom stereocenters. The quantitative estimate of drug-likeness (QED) is 0.0938. The van der Waals surface area contributed by atoms with Crippen molar-refractivity contribution >= 4 is 55.4 Å². The molecule has 2 aliphatic heterocycles. The fraction of sp³-hybridized carbons (Fsp3) is 0.292. The van der Waals surface area contributed by atoms with Gasteiger partial charge < -0.3 is 24.7 Å². The first-order valence-electron chi connectivity index (χ1n) is 28.4. The summed E-state index contributed by atoms with van der Waals surface area (Å²) in [5.74, 6) is -2.16. The van der Waals surface area contributed by atoms with Crippen LogP contribution in [-0.2, 0) is 52.5 Å². The average molecular weight is 1220 g/mol. The van der Waals surface area contributed by atoms with Gasteiger partial charge in [-0.15, -0.1) is 0 Å². The van der Waals surface area contributed by atoms with Gasteiger partial charge in [-0.3, -0.25) is 14.4 Å². The summed E-state index contributed by atoms with van der Waals surface area (Å²) in [6, 6.07) is 60.1. The molecule has 456 valence electrons. The molecule has 0 radical (unpaired) electrons. The zero-order valence-corrected chi connectivity index (χ0v) is 51.4. The van der Waals surface area contributed by atoms with Gasteiger partial charge in [-0.2, -0.15) is 22.9 Å². The number of aryl methyl sites for hydroxylation is 2. The molecule has 0 bridgehead atoms. The third kappa shape index (κ3) is 16.6. The number of carboxylic acids is 1. The monoisotopic (exact) mass is 1220 g/mol. The Balaban J connectivity index is 0.000000205. The van der Waals surface area contributed by atoms with E-state index in [9.17, 15) is 41.1 Å². The third-order valence-electron chi connectivity index (χ3n) is 15.2. The van der Waals surface area contributed by atoms with Gasteiger partial charge in [0.25, 0.3) is 10.2 Å². The van der Waals surface area contributed by atoms with Crippen molar-refractivity contribution in [2.45, 2.75) is 50.9 Å². The number of aromatic nitrogens is 4. The van der Waals surface area contributed by atoms with Crippen LogP contribution in [0.2, 0.25) is 0 Å². The highest BCUT2D eigenvalue weighted by Gasteiger charge is 2.42. The van der Waals surface area contributed by atoms with Crippen molar-refractivity contribution in [3.05, 3.63) is 239 Å². The molecule has 2 fully saturated rings. The largest absolute Gasteiger partial charge is 0.480 e. The Morgan fingerprint density at radius 1 is 0.506 bits per heavy atom. The zero-order chi connectivity index (χ0) is 62.4. The molecule has 20 nitrogen and oxygen atoms in total. The fourth-order valence-corrected chi connectivity index (χ4v) is 11.4. The molecule has 2 aliphatic rings. The molecule has 22 heteroatoms. The lowest BCUT2D eigenvalue weighted by atomic mass is 9.89. The van der Waals surface area contributed by atoms with Gasteiger partial charge in [0.2, 0.25) is 21.8 Å². The van der Waals surface area contributed by atoms with Crippen molar-refractivity contribution in [3.63, 3.8) is 0 Å². The number of sulfonamides is 1. The smallest absolute Gasteiger partial charge is 0.328 e. The van der Waals surface area contributed by atoms with Gasteiger partial charge in [0.15, 0.2) is 5.78 Å². The number of hydrogen-bond acceptors (Lipinski definition) is 12. The summed E-state index contributed by atoms with van der Waals surface area (Å²) in [7, 11) is -1.69. The molecule has 0 spiro atoms. The van der Waals surface area contributed by atoms with Crippen LogP contribution in [-0.4, -0.2) is 169 Å². The molecule has 2 atom stereocenters. The number of carbonyl (C=O) groups is 4. The molecular weight excluding hydrogens is 1140 g/mol. The molecule has 8 aromatic rings. The summed E-state index contributed by atoms with van der Waals surface area (Å²) in [6.45, 7) is 6.88. The molecule has 2 aromatic heterocycles. The lowest BCUT2D eigenvalue weighted by molar-refractivity contribution is -0.151. The first kappa shape index (κ1) is 64.2. The predicted molar refractivity (Wildman–Crippen MR) is 337 cm³/mol. The maximum Gasteiger partial charge on any atom is 0.328 e. The fourth-order valence-electron chi connectivity index (χ4n) is 10.6. The number of nitrogens with zero attached hydrogens (tertiary/aromatic N) is 10. The van der Waals surface area contributed by atoms with Crippen LogP contribution in [0.5, 0.6) is 0 Å². The van der Waals surface area contributed by atoms with E-state index in [-0.39, 0.29) is 31.4 Å². The molecule has 2 amide bonds. The number of piperazine rings is 2. The highest BCUT2D eigenvalue weighted by atomic mass is 32.2. The first-order chi connectivity index (χ1) is 41.6. The van der Waals surface area contributed by atoms with E-state index in [2.05, 4.69) is 10.2 Å². The van der Waals surface area contributed by atoms with E-state index in [1.165, 1.54) is 33.1 Å². The second kappa shape index (κ2) is 29.1. The molecule has 10 rings (SSSR count). The van der Waals surface area contributed by atoms with E-state index in [1.807, 2.05) is 227 Å². The summed E-state index contributed by atoms with van der Waals surface area (Å²) < 4.78 is 51.5. The van der Waals surface area contributed by atoms with Gasteiger partial charge in [0.05, 0.1) is 42.9 Å². The minimum Gasteiger partial charge on any atom is -0.480 e. The Labute approximate surface area is 509 Å². The number of ketones is 1. The van der Waals surface area contributed by atoms with Gasteiger partial charge >= 0.3 is 5.97 Å². The summed E-state index contributed by atoms with van der Waals surface area (Å²) >= 11 is 0. The van der Waals surface area contributed by atoms with Gasteiger partial charge in [0.1, 0.15) is 29.5 Å². The predicted octanol–water partition coefficient (Wildman–Crippen LogP) is 6.47. The van der Waals surface area contributed by atoms with Crippen LogP contribution in [0.3, 0.4) is 0 Å². The lowest BCUT2D eigenvalue weighted by Gasteiger charge is -2.43. The van der Waals surface area contributed by atoms with Crippen molar-refractivity contribution < 1.29 is 41.1 Å². The highest BCUT2D eigenvalue weighted by molar-refractivity contribution is 7.89. The number of amides is 2. The molecular formula is C65H75N11O9S2. The van der Waals surface area contributed by atoms with Crippen molar-refractivity contribution in [2.24, 2.45) is 5.14 Å². The molecule has 3 N–H and O–H groups in total. The standard InChI is InChI=1S/C33H37N5O4S.C30H30N4O3.C2H8N2O2S/c1-25-21-31(38(34-25)22-26-13-7-4-8-14-26)36-19-20-37(29(23-36)30(39)24-43(41,42)35(2)3)33(40)32(27-15-9-5-10-16-27)28-17-11-6-12-18-28;1-22-19-27(34(31-22)20-23-11-5-2-6-12-23)32-17-18-33(26(21-32)30(36)37)29(35)28(24-13-7-3-8-14-24)25-15-9-4-10-16-25;1-4(2)7(3,5)6/h4-18,21,29,32H,19-20,22-24H2,1-3H3;2-16,19,26,28H,17-18,20-21H2,1H3,(H,36,37);1-2H3,(H2,3,5,6)/t29-;26-;/m00./s1. The Kier molecular flexibility index (Phi) is 21.4. The van der Waals surface area contributed by atoms with Gasteiger partial charge in [-0.05, 0) is 47.2 Å². The van der Waals surface area contributed by atoms with E-state index in [0.29, 0.717) is 32.7 Å². The Morgan fingerprint density at radius 3 is 1.13 bits per heavy atom. The van der Waals surface area contributed by atoms with E-state index < -0.39 is 61.7 Å². The summed E-state index contributed by atoms with van der Waals surface area (Å²) in [5, 5.41) is 24.2. The second-order valence-electron chi connectivity index (χ2n) is 21.7. The normalized spacial score (nSPS) is 15.4. The number of hydrogen-bond donors (Lipinski definition) is 2. The number of carbonyl (C=O) groups excluding carboxylic acids is 3. The number of rotatable bonds is 18. The molecule has 2 saturated heterocycles. The van der Waals surface area contributed by atoms with Gasteiger partial charge in [-0.25, -0.2) is 32.0 Å². The summed E-state index contributed by atoms with van der Waals surface area (Å²) in [5.41, 5.74) is 7.21. The summed E-state index contributed by atoms with van der Waals surface area (Å²) in [4.78, 5) is 62.0. The Hall–Kier alpha value is -8.80. The Bertz CT molecular complexity index is 3720. The topological polar surface area (TPSA) is 238 Å². The third-order valence-corrected chi connectivity index (χ3v) is 17.9. The maximum absolute atomic E-state index is 14.4. The SMILES string of the molecule is CN(C)S(N)(=O)=O.Cc1cc(N2CCN(C(=O)C(c3ccccc3)c3ccccc3)[C@H](C(=O)CS(=O)(=O)N(C)C)C2)n(Cc2ccccc2)n1.Cc1cc(N2CCN(C(=O)C(c3ccccc3)c3ccccc3)[C@H](C(=O)O)C2)n(Cc2ccccc2)n1. The molecule has 4 heterocycles. The minimum atomic E-state index is -3.84. The number of carboxylic acid groups (broad SMARTS) is 1. The average Bonchev–Trinajstić information content (AvgIpc) is 2.33. The second-order valence-corrected chi connectivity index (χ2v) is 25.7. The maximum atomic E-state index is 14.4. The van der Waals surface area contributed by atoms with Crippen molar-refractivity contribution in [1.29, 1.82) is 0 Å². The van der Waals surface area contributed by atoms with Crippen LogP contribution >= 0.6 is 0 Å². The molecule has 87 heavy (non-hydrogen) atoms. The van der Waals surface area contributed by atoms with Crippen LogP contribution in [0.15, 0.2) is 194 Å². The highest BCUT2D eigenvalue weighted by Crippen LogP contribution is 2.33. The van der Waals surface area contributed by atoms with Crippen molar-refractivity contribution in [2.75, 3.05) is 83.0 Å². The lowest BCUT2D eigenvalue weighted by Crippen LogP contribution is -2.60. The van der Waals surface area contributed by atoms with Gasteiger partial charge in [0, 0.05) is 73.0 Å². The van der Waals surface area contributed by atoms with Crippen LogP contribution in [0.1, 0.15) is 56.6 Å². The van der Waals surface area contributed by atoms with Gasteiger partial charge in [-0.1, -0.05) is 182 Å². The van der Waals surface area contributed by atoms with Crippen LogP contribution in [0.25, 0.3) is 0 Å². The van der Waals surface area contributed by atoms with E-state index in [0.717, 1.165) is 65.0 Å². The van der Waals surface area contributed by atoms with Crippen LogP contribution in [0.4, 0.5) is 11.6 Å². The molecule has 0 saturated carbocycles. The number of anilines is 2. The summed E-state index contributed by atoms with van der Waals surface area (Å²) in [6.07, 6.45) is 0. The molecule has 0 aliphatic carbocycles. The van der Waals surface area contributed by atoms with Crippen LogP contribution in [0, 0.1) is 13.8 Å².